The Morgan fingerprint density at radius 2 is 2.04 bits per heavy atom. The van der Waals surface area contributed by atoms with Gasteiger partial charge in [0.1, 0.15) is 0 Å². The molecule has 0 saturated carbocycles. The second kappa shape index (κ2) is 10.1. The number of nitrogens with zero attached hydrogens (tertiary/aromatic N) is 1. The number of carbonyl (C=O) groups is 1. The summed E-state index contributed by atoms with van der Waals surface area (Å²) in [5.74, 6) is -0.161. The average molecular weight is 390 g/mol. The number of amides is 1. The van der Waals surface area contributed by atoms with E-state index in [4.69, 9.17) is 5.73 Å². The summed E-state index contributed by atoms with van der Waals surface area (Å²) in [6.45, 7) is 3.76. The highest BCUT2D eigenvalue weighted by Crippen LogP contribution is 2.21. The maximum atomic E-state index is 12.6. The lowest BCUT2D eigenvalue weighted by atomic mass is 9.98. The SMILES string of the molecule is CC(CN)CNC(=O)C1CCCN(S(=O)(=O)Cc2ccccc2)C1.Cl. The van der Waals surface area contributed by atoms with E-state index in [9.17, 15) is 13.2 Å². The predicted molar refractivity (Wildman–Crippen MR) is 102 cm³/mol. The zero-order chi connectivity index (χ0) is 17.6. The van der Waals surface area contributed by atoms with Crippen LogP contribution in [0, 0.1) is 11.8 Å². The van der Waals surface area contributed by atoms with Gasteiger partial charge >= 0.3 is 0 Å². The Labute approximate surface area is 156 Å². The number of hydrogen-bond acceptors (Lipinski definition) is 4. The van der Waals surface area contributed by atoms with Crippen molar-refractivity contribution < 1.29 is 13.2 Å². The van der Waals surface area contributed by atoms with Crippen molar-refractivity contribution in [1.29, 1.82) is 0 Å². The Morgan fingerprint density at radius 3 is 2.68 bits per heavy atom. The first-order chi connectivity index (χ1) is 11.4. The lowest BCUT2D eigenvalue weighted by Gasteiger charge is -2.31. The number of nitrogens with two attached hydrogens (primary N) is 1. The highest BCUT2D eigenvalue weighted by atomic mass is 35.5. The number of sulfonamides is 1. The fourth-order valence-corrected chi connectivity index (χ4v) is 4.40. The first kappa shape index (κ1) is 21.9. The van der Waals surface area contributed by atoms with Crippen molar-refractivity contribution >= 4 is 28.3 Å². The summed E-state index contributed by atoms with van der Waals surface area (Å²) in [5.41, 5.74) is 6.31. The minimum Gasteiger partial charge on any atom is -0.356 e. The third-order valence-corrected chi connectivity index (χ3v) is 6.18. The fourth-order valence-electron chi connectivity index (χ4n) is 2.79. The van der Waals surface area contributed by atoms with Gasteiger partial charge in [-0.25, -0.2) is 12.7 Å². The molecule has 1 heterocycles. The van der Waals surface area contributed by atoms with Crippen molar-refractivity contribution in [3.8, 4) is 0 Å². The molecule has 142 valence electrons. The molecule has 1 saturated heterocycles. The Kier molecular flexibility index (Phi) is 8.85. The molecule has 1 aromatic rings. The third kappa shape index (κ3) is 6.58. The van der Waals surface area contributed by atoms with Gasteiger partial charge in [-0.15, -0.1) is 12.4 Å². The van der Waals surface area contributed by atoms with Crippen LogP contribution in [0.4, 0.5) is 0 Å². The Hall–Kier alpha value is -1.15. The van der Waals surface area contributed by atoms with Crippen LogP contribution in [0.15, 0.2) is 30.3 Å². The summed E-state index contributed by atoms with van der Waals surface area (Å²) in [5, 5.41) is 2.88. The highest BCUT2D eigenvalue weighted by molar-refractivity contribution is 7.88. The zero-order valence-corrected chi connectivity index (χ0v) is 16.2. The summed E-state index contributed by atoms with van der Waals surface area (Å²) < 4.78 is 26.7. The third-order valence-electron chi connectivity index (χ3n) is 4.37. The topological polar surface area (TPSA) is 92.5 Å². The number of rotatable bonds is 7. The van der Waals surface area contributed by atoms with Crippen LogP contribution in [0.25, 0.3) is 0 Å². The Morgan fingerprint density at radius 1 is 1.36 bits per heavy atom. The molecule has 1 aliphatic rings. The minimum atomic E-state index is -3.41. The summed E-state index contributed by atoms with van der Waals surface area (Å²) in [7, 11) is -3.41. The number of piperidine rings is 1. The lowest BCUT2D eigenvalue weighted by Crippen LogP contribution is -2.46. The van der Waals surface area contributed by atoms with Crippen LogP contribution in [-0.4, -0.2) is 44.8 Å². The van der Waals surface area contributed by atoms with Gasteiger partial charge in [0, 0.05) is 19.6 Å². The molecule has 8 heteroatoms. The summed E-state index contributed by atoms with van der Waals surface area (Å²) in [4.78, 5) is 12.3. The monoisotopic (exact) mass is 389 g/mol. The van der Waals surface area contributed by atoms with Gasteiger partial charge < -0.3 is 11.1 Å². The predicted octanol–water partition coefficient (Wildman–Crippen LogP) is 1.36. The molecule has 1 aromatic carbocycles. The van der Waals surface area contributed by atoms with Crippen LogP contribution >= 0.6 is 12.4 Å². The van der Waals surface area contributed by atoms with Crippen LogP contribution in [0.1, 0.15) is 25.3 Å². The van der Waals surface area contributed by atoms with E-state index in [0.29, 0.717) is 26.1 Å². The van der Waals surface area contributed by atoms with Crippen molar-refractivity contribution in [1.82, 2.24) is 9.62 Å². The number of hydrogen-bond donors (Lipinski definition) is 2. The van der Waals surface area contributed by atoms with Crippen molar-refractivity contribution in [3.05, 3.63) is 35.9 Å². The lowest BCUT2D eigenvalue weighted by molar-refractivity contribution is -0.126. The first-order valence-corrected chi connectivity index (χ1v) is 10.0. The van der Waals surface area contributed by atoms with E-state index in [0.717, 1.165) is 12.0 Å². The van der Waals surface area contributed by atoms with Gasteiger partial charge in [-0.05, 0) is 30.9 Å². The Balaban J connectivity index is 0.00000312. The number of benzene rings is 1. The molecule has 2 atom stereocenters. The molecule has 6 nitrogen and oxygen atoms in total. The highest BCUT2D eigenvalue weighted by Gasteiger charge is 2.32. The molecule has 2 unspecified atom stereocenters. The molecular weight excluding hydrogens is 362 g/mol. The smallest absolute Gasteiger partial charge is 0.224 e. The maximum Gasteiger partial charge on any atom is 0.224 e. The molecule has 3 N–H and O–H groups in total. The number of nitrogens with one attached hydrogen (secondary N) is 1. The number of halogens is 1. The van der Waals surface area contributed by atoms with E-state index < -0.39 is 10.0 Å². The van der Waals surface area contributed by atoms with Gasteiger partial charge in [-0.1, -0.05) is 37.3 Å². The molecule has 0 bridgehead atoms. The van der Waals surface area contributed by atoms with Gasteiger partial charge in [0.25, 0.3) is 0 Å². The Bertz CT molecular complexity index is 640. The molecule has 0 aliphatic carbocycles. The van der Waals surface area contributed by atoms with E-state index in [1.807, 2.05) is 25.1 Å². The van der Waals surface area contributed by atoms with E-state index in [1.54, 1.807) is 12.1 Å². The van der Waals surface area contributed by atoms with E-state index in [2.05, 4.69) is 5.32 Å². The first-order valence-electron chi connectivity index (χ1n) is 8.42. The van der Waals surface area contributed by atoms with Gasteiger partial charge in [-0.3, -0.25) is 4.79 Å². The molecule has 0 radical (unpaired) electrons. The summed E-state index contributed by atoms with van der Waals surface area (Å²) in [6.07, 6.45) is 1.43. The van der Waals surface area contributed by atoms with Crippen LogP contribution in [0.5, 0.6) is 0 Å². The standard InChI is InChI=1S/C17H27N3O3S.ClH/c1-14(10-18)11-19-17(21)16-8-5-9-20(12-16)24(22,23)13-15-6-3-2-4-7-15;/h2-4,6-7,14,16H,5,8-13,18H2,1H3,(H,19,21);1H. The van der Waals surface area contributed by atoms with Crippen molar-refractivity contribution in [2.75, 3.05) is 26.2 Å². The zero-order valence-electron chi connectivity index (χ0n) is 14.6. The van der Waals surface area contributed by atoms with Crippen molar-refractivity contribution in [2.45, 2.75) is 25.5 Å². The summed E-state index contributed by atoms with van der Waals surface area (Å²) >= 11 is 0. The maximum absolute atomic E-state index is 12.6. The quantitative estimate of drug-likeness (QED) is 0.736. The van der Waals surface area contributed by atoms with Gasteiger partial charge in [0.05, 0.1) is 11.7 Å². The van der Waals surface area contributed by atoms with Crippen molar-refractivity contribution in [2.24, 2.45) is 17.6 Å². The molecule has 1 amide bonds. The second-order valence-electron chi connectivity index (χ2n) is 6.53. The van der Waals surface area contributed by atoms with Gasteiger partial charge in [0.15, 0.2) is 0 Å². The van der Waals surface area contributed by atoms with E-state index in [-0.39, 0.29) is 42.4 Å². The normalized spacial score (nSPS) is 19.7. The largest absolute Gasteiger partial charge is 0.356 e. The molecule has 0 aromatic heterocycles. The molecule has 0 spiro atoms. The van der Waals surface area contributed by atoms with E-state index in [1.165, 1.54) is 4.31 Å². The van der Waals surface area contributed by atoms with Gasteiger partial charge in [0.2, 0.25) is 15.9 Å². The molecule has 25 heavy (non-hydrogen) atoms. The second-order valence-corrected chi connectivity index (χ2v) is 8.49. The molecule has 2 rings (SSSR count). The van der Waals surface area contributed by atoms with Crippen LogP contribution in [0.2, 0.25) is 0 Å². The number of carbonyl (C=O) groups excluding carboxylic acids is 1. The van der Waals surface area contributed by atoms with Gasteiger partial charge in [-0.2, -0.15) is 0 Å². The van der Waals surface area contributed by atoms with E-state index >= 15 is 0 Å². The average Bonchev–Trinajstić information content (AvgIpc) is 2.60. The van der Waals surface area contributed by atoms with Crippen LogP contribution < -0.4 is 11.1 Å². The fraction of sp³-hybridized carbons (Fsp3) is 0.588. The van der Waals surface area contributed by atoms with Crippen LogP contribution in [-0.2, 0) is 20.6 Å². The molecule has 1 aliphatic heterocycles. The van der Waals surface area contributed by atoms with Crippen LogP contribution in [0.3, 0.4) is 0 Å². The molecule has 1 fully saturated rings. The molecular formula is C17H28ClN3O3S. The minimum absolute atomic E-state index is 0. The summed E-state index contributed by atoms with van der Waals surface area (Å²) in [6, 6.07) is 9.13. The van der Waals surface area contributed by atoms with Crippen molar-refractivity contribution in [3.63, 3.8) is 0 Å².